The van der Waals surface area contributed by atoms with Gasteiger partial charge in [-0.25, -0.2) is 4.79 Å². The number of amides is 3. The van der Waals surface area contributed by atoms with Crippen molar-refractivity contribution >= 4 is 23.7 Å². The summed E-state index contributed by atoms with van der Waals surface area (Å²) in [7, 11) is 1.48. The third-order valence-electron chi connectivity index (χ3n) is 8.48. The summed E-state index contributed by atoms with van der Waals surface area (Å²) in [6.07, 6.45) is 4.22. The molecule has 1 aliphatic carbocycles. The van der Waals surface area contributed by atoms with Gasteiger partial charge in [0.1, 0.15) is 23.4 Å². The van der Waals surface area contributed by atoms with Crippen molar-refractivity contribution in [2.45, 2.75) is 102 Å². The minimum Gasteiger partial charge on any atom is -0.508 e. The monoisotopic (exact) mass is 591 g/mol. The fourth-order valence-electron chi connectivity index (χ4n) is 6.04. The Morgan fingerprint density at radius 2 is 1.74 bits per heavy atom. The molecule has 9 nitrogen and oxygen atoms in total. The molecule has 2 aromatic rings. The summed E-state index contributed by atoms with van der Waals surface area (Å²) in [4.78, 5) is 56.6. The zero-order valence-corrected chi connectivity index (χ0v) is 26.0. The van der Waals surface area contributed by atoms with Crippen molar-refractivity contribution in [1.82, 2.24) is 15.1 Å². The van der Waals surface area contributed by atoms with Crippen LogP contribution in [0.3, 0.4) is 0 Å². The van der Waals surface area contributed by atoms with Crippen LogP contribution in [-0.2, 0) is 32.0 Å². The molecule has 232 valence electrons. The van der Waals surface area contributed by atoms with Crippen LogP contribution in [0.2, 0.25) is 0 Å². The quantitative estimate of drug-likeness (QED) is 0.435. The van der Waals surface area contributed by atoms with E-state index < -0.39 is 35.7 Å². The number of nitrogens with one attached hydrogen (secondary N) is 1. The van der Waals surface area contributed by atoms with E-state index in [4.69, 9.17) is 4.74 Å². The highest BCUT2D eigenvalue weighted by Crippen LogP contribution is 2.35. The number of likely N-dealkylation sites (N-methyl/N-ethyl adjacent to an activating group) is 1. The number of aryl methyl sites for hydroxylation is 1. The van der Waals surface area contributed by atoms with Gasteiger partial charge in [0.15, 0.2) is 5.78 Å². The van der Waals surface area contributed by atoms with Crippen LogP contribution in [0.15, 0.2) is 48.5 Å². The van der Waals surface area contributed by atoms with E-state index in [0.29, 0.717) is 25.8 Å². The molecule has 0 aromatic heterocycles. The maximum absolute atomic E-state index is 14.1. The highest BCUT2D eigenvalue weighted by molar-refractivity contribution is 5.95. The van der Waals surface area contributed by atoms with Gasteiger partial charge in [-0.2, -0.15) is 0 Å². The fraction of sp³-hybridized carbons (Fsp3) is 0.529. The zero-order chi connectivity index (χ0) is 31.3. The highest BCUT2D eigenvalue weighted by atomic mass is 16.6. The van der Waals surface area contributed by atoms with Crippen molar-refractivity contribution in [3.8, 4) is 5.75 Å². The molecule has 4 atom stereocenters. The molecule has 1 unspecified atom stereocenters. The number of hydrogen-bond donors (Lipinski definition) is 2. The largest absolute Gasteiger partial charge is 0.508 e. The zero-order valence-electron chi connectivity index (χ0n) is 26.0. The number of phenolic OH excluding ortho intramolecular Hbond substituents is 1. The topological polar surface area (TPSA) is 116 Å². The molecular formula is C34H45N3O6. The number of fused-ring (bicyclic) bond motifs is 1. The second-order valence-corrected chi connectivity index (χ2v) is 12.8. The summed E-state index contributed by atoms with van der Waals surface area (Å²) in [5.74, 6) is -0.537. The summed E-state index contributed by atoms with van der Waals surface area (Å²) in [6.45, 7) is 7.25. The van der Waals surface area contributed by atoms with Crippen molar-refractivity contribution < 1.29 is 29.0 Å². The molecule has 0 saturated carbocycles. The van der Waals surface area contributed by atoms with Crippen molar-refractivity contribution in [2.24, 2.45) is 0 Å². The lowest BCUT2D eigenvalue weighted by Gasteiger charge is -2.32. The van der Waals surface area contributed by atoms with Crippen LogP contribution in [0.25, 0.3) is 0 Å². The maximum atomic E-state index is 14.1. The van der Waals surface area contributed by atoms with Gasteiger partial charge in [-0.3, -0.25) is 19.3 Å². The lowest BCUT2D eigenvalue weighted by molar-refractivity contribution is -0.141. The minimum absolute atomic E-state index is 0.0558. The maximum Gasteiger partial charge on any atom is 0.410 e. The first-order valence-corrected chi connectivity index (χ1v) is 15.3. The first-order chi connectivity index (χ1) is 20.3. The number of hydrogen-bond acceptors (Lipinski definition) is 6. The number of carbonyl (C=O) groups is 4. The Morgan fingerprint density at radius 1 is 1.05 bits per heavy atom. The molecular weight excluding hydrogens is 546 g/mol. The van der Waals surface area contributed by atoms with Gasteiger partial charge in [0.25, 0.3) is 0 Å². The van der Waals surface area contributed by atoms with E-state index in [1.807, 2.05) is 12.1 Å². The third-order valence-corrected chi connectivity index (χ3v) is 8.48. The van der Waals surface area contributed by atoms with Crippen LogP contribution in [0.5, 0.6) is 5.75 Å². The van der Waals surface area contributed by atoms with E-state index in [2.05, 4.69) is 17.4 Å². The summed E-state index contributed by atoms with van der Waals surface area (Å²) in [5.41, 5.74) is 2.55. The number of nitrogens with zero attached hydrogens (tertiary/aromatic N) is 2. The van der Waals surface area contributed by atoms with Crippen molar-refractivity contribution in [1.29, 1.82) is 0 Å². The Balaban J connectivity index is 1.50. The van der Waals surface area contributed by atoms with Gasteiger partial charge in [0, 0.05) is 26.4 Å². The van der Waals surface area contributed by atoms with Gasteiger partial charge in [0.2, 0.25) is 11.8 Å². The average Bonchev–Trinajstić information content (AvgIpc) is 3.46. The van der Waals surface area contributed by atoms with Gasteiger partial charge >= 0.3 is 6.09 Å². The second-order valence-electron chi connectivity index (χ2n) is 12.8. The van der Waals surface area contributed by atoms with Crippen LogP contribution in [0.1, 0.15) is 82.4 Å². The molecule has 1 fully saturated rings. The third kappa shape index (κ3) is 8.15. The normalized spacial score (nSPS) is 19.6. The molecule has 3 amide bonds. The Morgan fingerprint density at radius 3 is 2.44 bits per heavy atom. The summed E-state index contributed by atoms with van der Waals surface area (Å²) >= 11 is 0. The van der Waals surface area contributed by atoms with Gasteiger partial charge in [-0.05, 0) is 94.5 Å². The molecule has 0 bridgehead atoms. The number of aromatic hydroxyl groups is 1. The molecule has 9 heteroatoms. The van der Waals surface area contributed by atoms with E-state index in [9.17, 15) is 24.3 Å². The SMILES string of the molecule is C[C@@H](C(=O)N[C@@H](Cc1ccc(O)cc1)C(=O)N1CCCC1C(=O)C[C@@H]1CCCc2ccccc21)N(C)C(=O)OC(C)(C)C. The van der Waals surface area contributed by atoms with Crippen LogP contribution < -0.4 is 5.32 Å². The Bertz CT molecular complexity index is 1320. The van der Waals surface area contributed by atoms with Gasteiger partial charge in [-0.15, -0.1) is 0 Å². The number of carbonyl (C=O) groups excluding carboxylic acids is 4. The predicted molar refractivity (Wildman–Crippen MR) is 164 cm³/mol. The summed E-state index contributed by atoms with van der Waals surface area (Å²) in [5, 5.41) is 12.6. The highest BCUT2D eigenvalue weighted by Gasteiger charge is 2.39. The lowest BCUT2D eigenvalue weighted by Crippen LogP contribution is -2.56. The van der Waals surface area contributed by atoms with Crippen LogP contribution in [0.4, 0.5) is 4.79 Å². The van der Waals surface area contributed by atoms with E-state index >= 15 is 0 Å². The van der Waals surface area contributed by atoms with Crippen LogP contribution >= 0.6 is 0 Å². The van der Waals surface area contributed by atoms with Crippen molar-refractivity contribution in [3.05, 3.63) is 65.2 Å². The van der Waals surface area contributed by atoms with Gasteiger partial charge in [0.05, 0.1) is 6.04 Å². The fourth-order valence-corrected chi connectivity index (χ4v) is 6.04. The van der Waals surface area contributed by atoms with E-state index in [0.717, 1.165) is 24.8 Å². The van der Waals surface area contributed by atoms with E-state index in [-0.39, 0.29) is 29.8 Å². The molecule has 2 aromatic carbocycles. The lowest BCUT2D eigenvalue weighted by atomic mass is 9.79. The van der Waals surface area contributed by atoms with E-state index in [1.165, 1.54) is 35.2 Å². The molecule has 0 radical (unpaired) electrons. The van der Waals surface area contributed by atoms with Crippen LogP contribution in [0, 0.1) is 0 Å². The van der Waals surface area contributed by atoms with Crippen molar-refractivity contribution in [2.75, 3.05) is 13.6 Å². The van der Waals surface area contributed by atoms with Crippen molar-refractivity contribution in [3.63, 3.8) is 0 Å². The first-order valence-electron chi connectivity index (χ1n) is 15.3. The molecule has 0 spiro atoms. The Labute approximate surface area is 254 Å². The van der Waals surface area contributed by atoms with Gasteiger partial charge in [-0.1, -0.05) is 36.4 Å². The van der Waals surface area contributed by atoms with Gasteiger partial charge < -0.3 is 20.1 Å². The number of ketones is 1. The van der Waals surface area contributed by atoms with Crippen LogP contribution in [-0.4, -0.2) is 75.9 Å². The predicted octanol–water partition coefficient (Wildman–Crippen LogP) is 4.75. The number of phenols is 1. The smallest absolute Gasteiger partial charge is 0.410 e. The number of benzene rings is 2. The minimum atomic E-state index is -0.963. The Hall–Kier alpha value is -3.88. The first kappa shape index (κ1) is 32.0. The Kier molecular flexibility index (Phi) is 10.1. The second kappa shape index (κ2) is 13.6. The number of Topliss-reactive ketones (excluding diaryl/α,β-unsaturated/α-hetero) is 1. The molecule has 2 aliphatic rings. The molecule has 1 heterocycles. The number of rotatable bonds is 9. The number of ether oxygens (including phenoxy) is 1. The molecule has 1 saturated heterocycles. The summed E-state index contributed by atoms with van der Waals surface area (Å²) in [6, 6.07) is 12.3. The molecule has 1 aliphatic heterocycles. The number of likely N-dealkylation sites (tertiary alicyclic amines) is 1. The van der Waals surface area contributed by atoms with E-state index in [1.54, 1.807) is 44.7 Å². The average molecular weight is 592 g/mol. The molecule has 2 N–H and O–H groups in total. The molecule has 4 rings (SSSR count). The standard InChI is InChI=1S/C34H45N3O6/c1-22(36(5)33(42)43-34(2,3)4)31(40)35-28(20-23-15-17-26(38)18-16-23)32(41)37-19-9-14-29(37)30(39)21-25-12-8-11-24-10-6-7-13-27(24)25/h6-7,10,13,15-18,22,25,28-29,38H,8-9,11-12,14,19-21H2,1-5H3,(H,35,40)/t22-,25-,28-,29?/m0/s1. The molecule has 43 heavy (non-hydrogen) atoms. The summed E-state index contributed by atoms with van der Waals surface area (Å²) < 4.78 is 5.41.